The maximum absolute atomic E-state index is 11.9. The highest BCUT2D eigenvalue weighted by atomic mass is 32.1. The number of esters is 1. The Hall–Kier alpha value is -2.51. The lowest BCUT2D eigenvalue weighted by Crippen LogP contribution is -2.21. The van der Waals surface area contributed by atoms with Gasteiger partial charge in [0.2, 0.25) is 0 Å². The predicted molar refractivity (Wildman–Crippen MR) is 99.9 cm³/mol. The highest BCUT2D eigenvalue weighted by Gasteiger charge is 2.12. The Kier molecular flexibility index (Phi) is 5.57. The molecule has 0 spiro atoms. The number of nitrogens with zero attached hydrogens (tertiary/aromatic N) is 1. The molecule has 0 unspecified atom stereocenters. The second kappa shape index (κ2) is 8.04. The van der Waals surface area contributed by atoms with Gasteiger partial charge in [-0.25, -0.2) is 4.98 Å². The van der Waals surface area contributed by atoms with Crippen LogP contribution in [0.15, 0.2) is 47.2 Å². The van der Waals surface area contributed by atoms with Crippen LogP contribution in [-0.4, -0.2) is 23.5 Å². The average molecular weight is 372 g/mol. The predicted octanol–water partition coefficient (Wildman–Crippen LogP) is 3.90. The number of carbonyl (C=O) groups is 2. The fourth-order valence-electron chi connectivity index (χ4n) is 2.17. The lowest BCUT2D eigenvalue weighted by atomic mass is 10.2. The van der Waals surface area contributed by atoms with E-state index >= 15 is 0 Å². The van der Waals surface area contributed by atoms with Crippen LogP contribution in [0.3, 0.4) is 0 Å². The molecule has 0 radical (unpaired) electrons. The molecule has 0 saturated carbocycles. The van der Waals surface area contributed by atoms with E-state index in [0.717, 1.165) is 15.4 Å². The first-order valence-corrected chi connectivity index (χ1v) is 9.36. The third kappa shape index (κ3) is 4.98. The van der Waals surface area contributed by atoms with Crippen LogP contribution >= 0.6 is 22.7 Å². The molecule has 25 heavy (non-hydrogen) atoms. The lowest BCUT2D eigenvalue weighted by molar-refractivity contribution is -0.146. The van der Waals surface area contributed by atoms with Crippen LogP contribution in [-0.2, 0) is 20.7 Å². The number of anilines is 1. The first-order valence-electron chi connectivity index (χ1n) is 7.60. The smallest absolute Gasteiger partial charge is 0.312 e. The molecular formula is C18H16N2O3S2. The second-order valence-corrected chi connectivity index (χ2v) is 7.18. The van der Waals surface area contributed by atoms with Crippen molar-refractivity contribution in [3.8, 4) is 9.88 Å². The third-order valence-electron chi connectivity index (χ3n) is 3.28. The van der Waals surface area contributed by atoms with Gasteiger partial charge in [0.25, 0.3) is 5.91 Å². The fraction of sp³-hybridized carbons (Fsp3) is 0.167. The number of ether oxygens (including phenoxy) is 1. The summed E-state index contributed by atoms with van der Waals surface area (Å²) < 4.78 is 5.03. The second-order valence-electron chi connectivity index (χ2n) is 5.38. The maximum atomic E-state index is 11.9. The molecule has 0 aliphatic rings. The molecule has 3 rings (SSSR count). The van der Waals surface area contributed by atoms with Crippen LogP contribution in [0.1, 0.15) is 11.3 Å². The lowest BCUT2D eigenvalue weighted by Gasteiger charge is -2.06. The van der Waals surface area contributed by atoms with Gasteiger partial charge in [-0.2, -0.15) is 0 Å². The molecule has 0 aliphatic carbocycles. The van der Waals surface area contributed by atoms with Crippen molar-refractivity contribution in [3.05, 3.63) is 58.4 Å². The van der Waals surface area contributed by atoms with Gasteiger partial charge in [-0.05, 0) is 36.1 Å². The monoisotopic (exact) mass is 372 g/mol. The molecule has 1 aromatic carbocycles. The van der Waals surface area contributed by atoms with Crippen LogP contribution < -0.4 is 5.32 Å². The Bertz CT molecular complexity index is 872. The van der Waals surface area contributed by atoms with Gasteiger partial charge >= 0.3 is 5.97 Å². The first-order chi connectivity index (χ1) is 12.1. The summed E-state index contributed by atoms with van der Waals surface area (Å²) in [5.41, 5.74) is 2.37. The van der Waals surface area contributed by atoms with Gasteiger partial charge in [-0.15, -0.1) is 22.7 Å². The number of hydrogen-bond donors (Lipinski definition) is 1. The van der Waals surface area contributed by atoms with E-state index in [-0.39, 0.29) is 18.9 Å². The molecular weight excluding hydrogens is 356 g/mol. The molecule has 0 atom stereocenters. The molecule has 1 N–H and O–H groups in total. The van der Waals surface area contributed by atoms with Crippen molar-refractivity contribution < 1.29 is 14.3 Å². The van der Waals surface area contributed by atoms with Crippen LogP contribution in [0.25, 0.3) is 9.88 Å². The Balaban J connectivity index is 1.47. The van der Waals surface area contributed by atoms with Crippen LogP contribution in [0.5, 0.6) is 0 Å². The van der Waals surface area contributed by atoms with E-state index in [4.69, 9.17) is 4.74 Å². The van der Waals surface area contributed by atoms with E-state index in [1.165, 1.54) is 11.3 Å². The van der Waals surface area contributed by atoms with E-state index in [0.29, 0.717) is 11.4 Å². The number of thiazole rings is 1. The number of aromatic nitrogens is 1. The van der Waals surface area contributed by atoms with Crippen molar-refractivity contribution >= 4 is 40.2 Å². The number of benzene rings is 1. The van der Waals surface area contributed by atoms with Crippen LogP contribution in [0.2, 0.25) is 0 Å². The Labute approximate surface area is 153 Å². The zero-order chi connectivity index (χ0) is 17.6. The minimum absolute atomic E-state index is 0.0552. The van der Waals surface area contributed by atoms with E-state index in [9.17, 15) is 9.59 Å². The van der Waals surface area contributed by atoms with Crippen LogP contribution in [0.4, 0.5) is 5.69 Å². The summed E-state index contributed by atoms with van der Waals surface area (Å²) >= 11 is 3.09. The van der Waals surface area contributed by atoms with Crippen molar-refractivity contribution in [1.29, 1.82) is 0 Å². The van der Waals surface area contributed by atoms with Crippen molar-refractivity contribution in [1.82, 2.24) is 4.98 Å². The quantitative estimate of drug-likeness (QED) is 0.666. The molecule has 128 valence electrons. The molecule has 5 nitrogen and oxygen atoms in total. The number of hydrogen-bond acceptors (Lipinski definition) is 6. The number of rotatable bonds is 6. The van der Waals surface area contributed by atoms with E-state index in [1.807, 2.05) is 48.0 Å². The standard InChI is InChI=1S/C18H16N2O3S2/c1-12-4-2-5-13(8-12)19-16(21)10-23-17(22)9-14-11-25-18(20-14)15-6-3-7-24-15/h2-8,11H,9-10H2,1H3,(H,19,21). The Morgan fingerprint density at radius 3 is 2.84 bits per heavy atom. The number of carbonyl (C=O) groups excluding carboxylic acids is 2. The van der Waals surface area contributed by atoms with Gasteiger partial charge in [0.1, 0.15) is 5.01 Å². The number of thiophene rings is 1. The molecule has 0 aliphatic heterocycles. The Morgan fingerprint density at radius 2 is 2.08 bits per heavy atom. The molecule has 7 heteroatoms. The largest absolute Gasteiger partial charge is 0.455 e. The normalized spacial score (nSPS) is 10.4. The van der Waals surface area contributed by atoms with Crippen molar-refractivity contribution in [2.24, 2.45) is 0 Å². The zero-order valence-corrected chi connectivity index (χ0v) is 15.2. The number of amides is 1. The first kappa shape index (κ1) is 17.3. The number of aryl methyl sites for hydroxylation is 1. The van der Waals surface area contributed by atoms with Crippen molar-refractivity contribution in [2.75, 3.05) is 11.9 Å². The van der Waals surface area contributed by atoms with Gasteiger partial charge in [0, 0.05) is 11.1 Å². The molecule has 0 bridgehead atoms. The highest BCUT2D eigenvalue weighted by molar-refractivity contribution is 7.20. The van der Waals surface area contributed by atoms with E-state index < -0.39 is 5.97 Å². The molecule has 2 heterocycles. The van der Waals surface area contributed by atoms with Crippen LogP contribution in [0, 0.1) is 6.92 Å². The van der Waals surface area contributed by atoms with Crippen molar-refractivity contribution in [3.63, 3.8) is 0 Å². The SMILES string of the molecule is Cc1cccc(NC(=O)COC(=O)Cc2csc(-c3cccs3)n2)c1. The third-order valence-corrected chi connectivity index (χ3v) is 5.21. The highest BCUT2D eigenvalue weighted by Crippen LogP contribution is 2.27. The summed E-state index contributed by atoms with van der Waals surface area (Å²) in [5, 5.41) is 7.40. The van der Waals surface area contributed by atoms with Crippen molar-refractivity contribution in [2.45, 2.75) is 13.3 Å². The van der Waals surface area contributed by atoms with E-state index in [2.05, 4.69) is 10.3 Å². The zero-order valence-electron chi connectivity index (χ0n) is 13.5. The molecule has 0 fully saturated rings. The summed E-state index contributed by atoms with van der Waals surface area (Å²) in [6, 6.07) is 11.4. The van der Waals surface area contributed by atoms with Gasteiger partial charge in [0.05, 0.1) is 17.0 Å². The summed E-state index contributed by atoms with van der Waals surface area (Å²) in [4.78, 5) is 29.2. The average Bonchev–Trinajstić information content (AvgIpc) is 3.24. The summed E-state index contributed by atoms with van der Waals surface area (Å²) in [5.74, 6) is -0.834. The van der Waals surface area contributed by atoms with Gasteiger partial charge in [-0.3, -0.25) is 9.59 Å². The van der Waals surface area contributed by atoms with E-state index in [1.54, 1.807) is 17.4 Å². The summed E-state index contributed by atoms with van der Waals surface area (Å²) in [7, 11) is 0. The molecule has 2 aromatic heterocycles. The summed E-state index contributed by atoms with van der Waals surface area (Å²) in [6.45, 7) is 1.63. The van der Waals surface area contributed by atoms with Gasteiger partial charge in [-0.1, -0.05) is 18.2 Å². The molecule has 3 aromatic rings. The molecule has 1 amide bonds. The maximum Gasteiger partial charge on any atom is 0.312 e. The topological polar surface area (TPSA) is 68.3 Å². The minimum Gasteiger partial charge on any atom is -0.455 e. The van der Waals surface area contributed by atoms with Gasteiger partial charge < -0.3 is 10.1 Å². The molecule has 0 saturated heterocycles. The fourth-order valence-corrected chi connectivity index (χ4v) is 3.80. The minimum atomic E-state index is -0.470. The number of nitrogens with one attached hydrogen (secondary N) is 1. The Morgan fingerprint density at radius 1 is 1.20 bits per heavy atom. The summed E-state index contributed by atoms with van der Waals surface area (Å²) in [6.07, 6.45) is 0.0552. The van der Waals surface area contributed by atoms with Gasteiger partial charge in [0.15, 0.2) is 6.61 Å².